The molecule has 0 bridgehead atoms. The SMILES string of the molecule is C[C@@H]1Cc2cnc(NC3CCOCC3)nc2CN1C(=O)[C@@H]1CCN(C)C[C@H]1c1cccnc1. The normalized spacial score (nSPS) is 26.6. The van der Waals surface area contributed by atoms with Gasteiger partial charge in [-0.25, -0.2) is 9.97 Å². The quantitative estimate of drug-likeness (QED) is 0.766. The number of carbonyl (C=O) groups is 1. The van der Waals surface area contributed by atoms with Crippen LogP contribution in [-0.4, -0.2) is 76.1 Å². The molecule has 2 saturated heterocycles. The fourth-order valence-electron chi connectivity index (χ4n) is 5.44. The van der Waals surface area contributed by atoms with Crippen molar-refractivity contribution in [2.45, 2.75) is 57.2 Å². The molecule has 1 amide bonds. The minimum absolute atomic E-state index is 0.0314. The van der Waals surface area contributed by atoms with Crippen LogP contribution in [0.4, 0.5) is 5.95 Å². The first-order valence-corrected chi connectivity index (χ1v) is 12.2. The molecule has 0 aromatic carbocycles. The minimum atomic E-state index is -0.0314. The van der Waals surface area contributed by atoms with Gasteiger partial charge in [-0.15, -0.1) is 0 Å². The summed E-state index contributed by atoms with van der Waals surface area (Å²) >= 11 is 0. The number of fused-ring (bicyclic) bond motifs is 1. The fourth-order valence-corrected chi connectivity index (χ4v) is 5.44. The average molecular weight is 451 g/mol. The smallest absolute Gasteiger partial charge is 0.227 e. The van der Waals surface area contributed by atoms with Crippen LogP contribution in [0.25, 0.3) is 0 Å². The van der Waals surface area contributed by atoms with Gasteiger partial charge in [-0.3, -0.25) is 9.78 Å². The summed E-state index contributed by atoms with van der Waals surface area (Å²) in [6.07, 6.45) is 9.25. The molecule has 0 unspecified atom stereocenters. The van der Waals surface area contributed by atoms with Gasteiger partial charge in [0.15, 0.2) is 0 Å². The Kier molecular flexibility index (Phi) is 6.55. The van der Waals surface area contributed by atoms with E-state index in [9.17, 15) is 4.79 Å². The highest BCUT2D eigenvalue weighted by Crippen LogP contribution is 2.35. The lowest BCUT2D eigenvalue weighted by Crippen LogP contribution is -2.50. The molecule has 2 aromatic rings. The van der Waals surface area contributed by atoms with Crippen LogP contribution in [0, 0.1) is 5.92 Å². The Balaban J connectivity index is 1.34. The van der Waals surface area contributed by atoms with Crippen molar-refractivity contribution < 1.29 is 9.53 Å². The number of amides is 1. The van der Waals surface area contributed by atoms with Gasteiger partial charge >= 0.3 is 0 Å². The van der Waals surface area contributed by atoms with Gasteiger partial charge in [0.2, 0.25) is 11.9 Å². The van der Waals surface area contributed by atoms with Gasteiger partial charge < -0.3 is 19.9 Å². The zero-order chi connectivity index (χ0) is 22.8. The Morgan fingerprint density at radius 2 is 2.06 bits per heavy atom. The van der Waals surface area contributed by atoms with E-state index in [4.69, 9.17) is 9.72 Å². The lowest BCUT2D eigenvalue weighted by atomic mass is 9.80. The summed E-state index contributed by atoms with van der Waals surface area (Å²) in [5.74, 6) is 1.04. The first-order valence-electron chi connectivity index (χ1n) is 12.2. The number of likely N-dealkylation sites (N-methyl/N-ethyl adjacent to an activating group) is 1. The largest absolute Gasteiger partial charge is 0.381 e. The van der Waals surface area contributed by atoms with E-state index in [1.165, 1.54) is 0 Å². The highest BCUT2D eigenvalue weighted by Gasteiger charge is 2.39. The summed E-state index contributed by atoms with van der Waals surface area (Å²) in [7, 11) is 2.13. The third-order valence-corrected chi connectivity index (χ3v) is 7.40. The van der Waals surface area contributed by atoms with Gasteiger partial charge in [0.1, 0.15) is 0 Å². The van der Waals surface area contributed by atoms with Crippen LogP contribution in [0.2, 0.25) is 0 Å². The number of hydrogen-bond acceptors (Lipinski definition) is 7. The van der Waals surface area contributed by atoms with Gasteiger partial charge in [0, 0.05) is 62.3 Å². The Morgan fingerprint density at radius 3 is 2.85 bits per heavy atom. The molecule has 5 rings (SSSR count). The molecule has 0 radical (unpaired) electrons. The second-order valence-electron chi connectivity index (χ2n) is 9.77. The van der Waals surface area contributed by atoms with Crippen molar-refractivity contribution in [3.63, 3.8) is 0 Å². The monoisotopic (exact) mass is 450 g/mol. The van der Waals surface area contributed by atoms with Gasteiger partial charge in [-0.05, 0) is 63.4 Å². The number of anilines is 1. The lowest BCUT2D eigenvalue weighted by Gasteiger charge is -2.41. The molecule has 3 aliphatic heterocycles. The second kappa shape index (κ2) is 9.73. The topological polar surface area (TPSA) is 83.5 Å². The third kappa shape index (κ3) is 4.87. The average Bonchev–Trinajstić information content (AvgIpc) is 2.84. The Morgan fingerprint density at radius 1 is 1.21 bits per heavy atom. The van der Waals surface area contributed by atoms with Crippen LogP contribution in [0.3, 0.4) is 0 Å². The fraction of sp³-hybridized carbons (Fsp3) is 0.600. The zero-order valence-corrected chi connectivity index (χ0v) is 19.6. The number of ether oxygens (including phenoxy) is 1. The molecule has 33 heavy (non-hydrogen) atoms. The summed E-state index contributed by atoms with van der Waals surface area (Å²) < 4.78 is 5.45. The van der Waals surface area contributed by atoms with E-state index in [1.807, 2.05) is 23.4 Å². The Hall–Kier alpha value is -2.58. The number of nitrogens with one attached hydrogen (secondary N) is 1. The maximum atomic E-state index is 13.9. The van der Waals surface area contributed by atoms with Gasteiger partial charge in [-0.1, -0.05) is 6.07 Å². The van der Waals surface area contributed by atoms with E-state index in [-0.39, 0.29) is 23.8 Å². The van der Waals surface area contributed by atoms with Crippen molar-refractivity contribution in [3.8, 4) is 0 Å². The highest BCUT2D eigenvalue weighted by molar-refractivity contribution is 5.80. The maximum absolute atomic E-state index is 13.9. The molecule has 176 valence electrons. The van der Waals surface area contributed by atoms with Crippen molar-refractivity contribution in [1.82, 2.24) is 24.8 Å². The molecule has 8 nitrogen and oxygen atoms in total. The van der Waals surface area contributed by atoms with E-state index in [2.05, 4.69) is 40.2 Å². The predicted octanol–water partition coefficient (Wildman–Crippen LogP) is 2.47. The van der Waals surface area contributed by atoms with Gasteiger partial charge in [0.05, 0.1) is 12.2 Å². The number of aromatic nitrogens is 3. The summed E-state index contributed by atoms with van der Waals surface area (Å²) in [6, 6.07) is 4.55. The minimum Gasteiger partial charge on any atom is -0.381 e. The molecule has 2 aromatic heterocycles. The molecule has 0 saturated carbocycles. The summed E-state index contributed by atoms with van der Waals surface area (Å²) in [4.78, 5) is 32.0. The maximum Gasteiger partial charge on any atom is 0.227 e. The molecule has 0 aliphatic carbocycles. The van der Waals surface area contributed by atoms with Crippen LogP contribution < -0.4 is 5.32 Å². The van der Waals surface area contributed by atoms with Crippen LogP contribution in [-0.2, 0) is 22.5 Å². The van der Waals surface area contributed by atoms with Crippen molar-refractivity contribution >= 4 is 11.9 Å². The molecule has 3 atom stereocenters. The van der Waals surface area contributed by atoms with Crippen LogP contribution in [0.1, 0.15) is 48.9 Å². The Bertz CT molecular complexity index is 965. The number of piperidine rings is 1. The zero-order valence-electron chi connectivity index (χ0n) is 19.6. The van der Waals surface area contributed by atoms with Crippen molar-refractivity contribution in [3.05, 3.63) is 47.5 Å². The molecule has 2 fully saturated rings. The van der Waals surface area contributed by atoms with Crippen LogP contribution in [0.15, 0.2) is 30.7 Å². The number of likely N-dealkylation sites (tertiary alicyclic amines) is 1. The standard InChI is InChI=1S/C25H34N6O2/c1-17-12-19-14-27-25(28-20-6-10-33-11-7-20)29-23(19)16-31(17)24(32)21-5-9-30(2)15-22(21)18-4-3-8-26-13-18/h3-4,8,13-14,17,20-22H,5-7,9-12,15-16H2,1-2H3,(H,27,28,29)/t17-,21-,22+/m1/s1. The number of hydrogen-bond donors (Lipinski definition) is 1. The lowest BCUT2D eigenvalue weighted by molar-refractivity contribution is -0.141. The van der Waals surface area contributed by atoms with Gasteiger partial charge in [-0.2, -0.15) is 0 Å². The molecule has 5 heterocycles. The summed E-state index contributed by atoms with van der Waals surface area (Å²) in [6.45, 7) is 6.05. The van der Waals surface area contributed by atoms with Crippen LogP contribution >= 0.6 is 0 Å². The molecule has 1 N–H and O–H groups in total. The highest BCUT2D eigenvalue weighted by atomic mass is 16.5. The first-order chi connectivity index (χ1) is 16.1. The molecule has 0 spiro atoms. The predicted molar refractivity (Wildman–Crippen MR) is 126 cm³/mol. The van der Waals surface area contributed by atoms with E-state index in [1.54, 1.807) is 6.20 Å². The van der Waals surface area contributed by atoms with E-state index in [0.717, 1.165) is 68.8 Å². The number of pyridine rings is 1. The third-order valence-electron chi connectivity index (χ3n) is 7.40. The number of carbonyl (C=O) groups excluding carboxylic acids is 1. The molecular weight excluding hydrogens is 416 g/mol. The van der Waals surface area contributed by atoms with E-state index in [0.29, 0.717) is 18.5 Å². The first kappa shape index (κ1) is 22.2. The second-order valence-corrected chi connectivity index (χ2v) is 9.77. The van der Waals surface area contributed by atoms with E-state index >= 15 is 0 Å². The molecular formula is C25H34N6O2. The van der Waals surface area contributed by atoms with Crippen molar-refractivity contribution in [2.75, 3.05) is 38.7 Å². The summed E-state index contributed by atoms with van der Waals surface area (Å²) in [5, 5.41) is 3.46. The van der Waals surface area contributed by atoms with E-state index < -0.39 is 0 Å². The van der Waals surface area contributed by atoms with Gasteiger partial charge in [0.25, 0.3) is 0 Å². The van der Waals surface area contributed by atoms with Crippen molar-refractivity contribution in [1.29, 1.82) is 0 Å². The van der Waals surface area contributed by atoms with Crippen molar-refractivity contribution in [2.24, 2.45) is 5.92 Å². The molecule has 3 aliphatic rings. The number of nitrogens with zero attached hydrogens (tertiary/aromatic N) is 5. The molecule has 8 heteroatoms. The summed E-state index contributed by atoms with van der Waals surface area (Å²) in [5.41, 5.74) is 3.27. The number of rotatable bonds is 4. The van der Waals surface area contributed by atoms with Crippen LogP contribution in [0.5, 0.6) is 0 Å². The Labute approximate surface area is 195 Å².